The Balaban J connectivity index is 0.00000161. The molecule has 1 aromatic rings. The first-order chi connectivity index (χ1) is 9.69. The first-order valence-corrected chi connectivity index (χ1v) is 8.19. The summed E-state index contributed by atoms with van der Waals surface area (Å²) in [6, 6.07) is 2.22. The molecule has 3 rings (SSSR count). The highest BCUT2D eigenvalue weighted by molar-refractivity contribution is 7.10. The number of nitrogens with two attached hydrogens (primary N) is 1. The van der Waals surface area contributed by atoms with Crippen molar-refractivity contribution in [2.45, 2.75) is 44.4 Å². The second kappa shape index (κ2) is 7.09. The molecule has 1 aliphatic heterocycles. The second-order valence-electron chi connectivity index (χ2n) is 5.83. The Hall–Kier alpha value is -0.620. The normalized spacial score (nSPS) is 28.7. The lowest BCUT2D eigenvalue weighted by atomic mass is 9.83. The van der Waals surface area contributed by atoms with E-state index < -0.39 is 0 Å². The zero-order valence-corrected chi connectivity index (χ0v) is 13.9. The largest absolute Gasteiger partial charge is 0.380 e. The summed E-state index contributed by atoms with van der Waals surface area (Å²) in [6.45, 7) is 1.63. The van der Waals surface area contributed by atoms with Crippen LogP contribution in [0.4, 0.5) is 0 Å². The Morgan fingerprint density at radius 1 is 1.48 bits per heavy atom. The molecule has 1 saturated carbocycles. The van der Waals surface area contributed by atoms with Crippen LogP contribution in [0.5, 0.6) is 0 Å². The number of methoxy groups -OCH3 is 1. The summed E-state index contributed by atoms with van der Waals surface area (Å²) in [4.78, 5) is 16.1. The van der Waals surface area contributed by atoms with E-state index in [1.165, 1.54) is 10.4 Å². The molecule has 21 heavy (non-hydrogen) atoms. The van der Waals surface area contributed by atoms with Crippen molar-refractivity contribution in [1.29, 1.82) is 0 Å². The number of ether oxygens (including phenoxy) is 1. The van der Waals surface area contributed by atoms with Crippen LogP contribution in [0.2, 0.25) is 0 Å². The summed E-state index contributed by atoms with van der Waals surface area (Å²) in [6.07, 6.45) is 3.57. The van der Waals surface area contributed by atoms with E-state index in [9.17, 15) is 4.79 Å². The van der Waals surface area contributed by atoms with E-state index >= 15 is 0 Å². The van der Waals surface area contributed by atoms with Crippen molar-refractivity contribution < 1.29 is 9.53 Å². The lowest BCUT2D eigenvalue weighted by Crippen LogP contribution is -2.47. The number of fused-ring (bicyclic) bond motifs is 1. The Morgan fingerprint density at radius 2 is 2.29 bits per heavy atom. The summed E-state index contributed by atoms with van der Waals surface area (Å²) >= 11 is 1.80. The van der Waals surface area contributed by atoms with E-state index in [0.29, 0.717) is 0 Å². The molecule has 2 N–H and O–H groups in total. The van der Waals surface area contributed by atoms with Gasteiger partial charge in [0.25, 0.3) is 0 Å². The molecule has 0 unspecified atom stereocenters. The summed E-state index contributed by atoms with van der Waals surface area (Å²) in [5, 5.41) is 2.12. The Bertz CT molecular complexity index is 494. The van der Waals surface area contributed by atoms with Crippen LogP contribution >= 0.6 is 23.7 Å². The molecule has 0 bridgehead atoms. The second-order valence-corrected chi connectivity index (χ2v) is 6.83. The van der Waals surface area contributed by atoms with Gasteiger partial charge in [0.2, 0.25) is 5.91 Å². The fourth-order valence-corrected chi connectivity index (χ4v) is 4.23. The SMILES string of the molecule is CO[C@H]1C[C@@H](C(=O)N2CCc3sccc3C2)CC[C@@H]1N.Cl. The van der Waals surface area contributed by atoms with Gasteiger partial charge >= 0.3 is 0 Å². The molecule has 0 saturated heterocycles. The third kappa shape index (κ3) is 3.42. The monoisotopic (exact) mass is 330 g/mol. The van der Waals surface area contributed by atoms with Crippen LogP contribution in [-0.4, -0.2) is 36.6 Å². The van der Waals surface area contributed by atoms with Crippen molar-refractivity contribution in [2.24, 2.45) is 11.7 Å². The van der Waals surface area contributed by atoms with Gasteiger partial charge in [-0.2, -0.15) is 0 Å². The average Bonchev–Trinajstić information content (AvgIpc) is 2.94. The van der Waals surface area contributed by atoms with Gasteiger partial charge in [-0.05, 0) is 42.7 Å². The van der Waals surface area contributed by atoms with E-state index in [2.05, 4.69) is 11.4 Å². The summed E-state index contributed by atoms with van der Waals surface area (Å²) in [5.41, 5.74) is 7.36. The molecule has 0 aromatic carbocycles. The first-order valence-electron chi connectivity index (χ1n) is 7.31. The van der Waals surface area contributed by atoms with E-state index in [4.69, 9.17) is 10.5 Å². The fourth-order valence-electron chi connectivity index (χ4n) is 3.34. The zero-order valence-electron chi connectivity index (χ0n) is 12.3. The summed E-state index contributed by atoms with van der Waals surface area (Å²) in [7, 11) is 1.69. The van der Waals surface area contributed by atoms with Gasteiger partial charge in [-0.25, -0.2) is 0 Å². The van der Waals surface area contributed by atoms with Gasteiger partial charge < -0.3 is 15.4 Å². The van der Waals surface area contributed by atoms with Crippen molar-refractivity contribution in [1.82, 2.24) is 4.90 Å². The molecule has 2 aliphatic rings. The average molecular weight is 331 g/mol. The van der Waals surface area contributed by atoms with Gasteiger partial charge in [-0.15, -0.1) is 23.7 Å². The van der Waals surface area contributed by atoms with Crippen molar-refractivity contribution in [3.63, 3.8) is 0 Å². The van der Waals surface area contributed by atoms with Crippen molar-refractivity contribution >= 4 is 29.7 Å². The molecular weight excluding hydrogens is 308 g/mol. The minimum absolute atomic E-state index is 0. The molecule has 1 aromatic heterocycles. The van der Waals surface area contributed by atoms with Gasteiger partial charge in [-0.1, -0.05) is 0 Å². The number of hydrogen-bond donors (Lipinski definition) is 1. The highest BCUT2D eigenvalue weighted by Crippen LogP contribution is 2.30. The third-order valence-electron chi connectivity index (χ3n) is 4.61. The van der Waals surface area contributed by atoms with Crippen LogP contribution < -0.4 is 5.73 Å². The topological polar surface area (TPSA) is 55.6 Å². The highest BCUT2D eigenvalue weighted by Gasteiger charge is 2.35. The number of carbonyl (C=O) groups is 1. The first kappa shape index (κ1) is 16.7. The molecule has 2 heterocycles. The maximum atomic E-state index is 12.7. The number of rotatable bonds is 2. The molecule has 1 amide bonds. The highest BCUT2D eigenvalue weighted by atomic mass is 35.5. The minimum Gasteiger partial charge on any atom is -0.380 e. The smallest absolute Gasteiger partial charge is 0.226 e. The molecule has 0 radical (unpaired) electrons. The standard InChI is InChI=1S/C15H22N2O2S.ClH/c1-19-13-8-10(2-3-12(13)16)15(18)17-6-4-14-11(9-17)5-7-20-14;/h5,7,10,12-13H,2-4,6,8-9,16H2,1H3;1H/t10-,12-,13-;/m0./s1. The Labute approximate surface area is 136 Å². The maximum Gasteiger partial charge on any atom is 0.226 e. The minimum atomic E-state index is 0. The van der Waals surface area contributed by atoms with Crippen LogP contribution in [0, 0.1) is 5.92 Å². The number of hydrogen-bond acceptors (Lipinski definition) is 4. The van der Waals surface area contributed by atoms with Crippen LogP contribution in [-0.2, 0) is 22.5 Å². The van der Waals surface area contributed by atoms with Crippen molar-refractivity contribution in [3.05, 3.63) is 21.9 Å². The number of thiophene rings is 1. The number of amides is 1. The van der Waals surface area contributed by atoms with E-state index in [-0.39, 0.29) is 36.4 Å². The van der Waals surface area contributed by atoms with Crippen molar-refractivity contribution in [2.75, 3.05) is 13.7 Å². The molecule has 3 atom stereocenters. The summed E-state index contributed by atoms with van der Waals surface area (Å²) in [5.74, 6) is 0.371. The number of halogens is 1. The van der Waals surface area contributed by atoms with Gasteiger partial charge in [0, 0.05) is 37.0 Å². The van der Waals surface area contributed by atoms with E-state index in [0.717, 1.165) is 38.8 Å². The zero-order chi connectivity index (χ0) is 14.1. The number of nitrogens with zero attached hydrogens (tertiary/aromatic N) is 1. The van der Waals surface area contributed by atoms with Gasteiger partial charge in [0.1, 0.15) is 0 Å². The van der Waals surface area contributed by atoms with Crippen LogP contribution in [0.1, 0.15) is 29.7 Å². The van der Waals surface area contributed by atoms with E-state index in [1.807, 2.05) is 4.90 Å². The van der Waals surface area contributed by atoms with Gasteiger partial charge in [-0.3, -0.25) is 4.79 Å². The fraction of sp³-hybridized carbons (Fsp3) is 0.667. The van der Waals surface area contributed by atoms with Crippen LogP contribution in [0.3, 0.4) is 0 Å². The van der Waals surface area contributed by atoms with Gasteiger partial charge in [0.05, 0.1) is 6.10 Å². The van der Waals surface area contributed by atoms with Gasteiger partial charge in [0.15, 0.2) is 0 Å². The molecule has 0 spiro atoms. The van der Waals surface area contributed by atoms with Crippen LogP contribution in [0.25, 0.3) is 0 Å². The van der Waals surface area contributed by atoms with Crippen LogP contribution in [0.15, 0.2) is 11.4 Å². The quantitative estimate of drug-likeness (QED) is 0.904. The molecule has 6 heteroatoms. The predicted molar refractivity (Wildman–Crippen MR) is 86.8 cm³/mol. The Morgan fingerprint density at radius 3 is 3.05 bits per heavy atom. The lowest BCUT2D eigenvalue weighted by Gasteiger charge is -2.36. The molecule has 1 aliphatic carbocycles. The molecule has 1 fully saturated rings. The lowest BCUT2D eigenvalue weighted by molar-refractivity contribution is -0.139. The molecule has 4 nitrogen and oxygen atoms in total. The van der Waals surface area contributed by atoms with E-state index in [1.54, 1.807) is 18.4 Å². The summed E-state index contributed by atoms with van der Waals surface area (Å²) < 4.78 is 5.42. The third-order valence-corrected chi connectivity index (χ3v) is 5.64. The molecular formula is C15H23ClN2O2S. The molecule has 118 valence electrons. The maximum absolute atomic E-state index is 12.7. The Kier molecular flexibility index (Phi) is 5.66. The number of carbonyl (C=O) groups excluding carboxylic acids is 1. The predicted octanol–water partition coefficient (Wildman–Crippen LogP) is 2.20. The van der Waals surface area contributed by atoms with Crippen molar-refractivity contribution in [3.8, 4) is 0 Å².